The third kappa shape index (κ3) is 3.54. The highest BCUT2D eigenvalue weighted by molar-refractivity contribution is 6.00. The molecular formula is C20H21N5O. The number of carbonyl (C=O) groups excluding carboxylic acids is 1. The molecule has 1 aliphatic rings. The maximum Gasteiger partial charge on any atom is 0.323 e. The first-order valence-electron chi connectivity index (χ1n) is 8.78. The van der Waals surface area contributed by atoms with Crippen LogP contribution in [0.3, 0.4) is 0 Å². The standard InChI is InChI=1S/C20H21N5O/c21-19-22-12-18(25-19)15-6-3-7-16(11-15)23-20(26)24-17-9-8-13-4-1-2-5-14(13)10-17/h3,6-12H,1-2,4-5H2,(H3,21,22,25)(H2,23,24,26). The van der Waals surface area contributed by atoms with Crippen molar-refractivity contribution in [3.63, 3.8) is 0 Å². The Morgan fingerprint density at radius 2 is 1.77 bits per heavy atom. The molecule has 0 bridgehead atoms. The van der Waals surface area contributed by atoms with Crippen LogP contribution in [-0.4, -0.2) is 16.0 Å². The minimum Gasteiger partial charge on any atom is -0.369 e. The first kappa shape index (κ1) is 16.2. The van der Waals surface area contributed by atoms with E-state index in [0.29, 0.717) is 11.6 Å². The Bertz CT molecular complexity index is 947. The minimum atomic E-state index is -0.262. The number of fused-ring (bicyclic) bond motifs is 1. The van der Waals surface area contributed by atoms with E-state index in [2.05, 4.69) is 32.7 Å². The number of nitrogens with two attached hydrogens (primary N) is 1. The predicted molar refractivity (Wildman–Crippen MR) is 104 cm³/mol. The summed E-state index contributed by atoms with van der Waals surface area (Å²) in [6.45, 7) is 0. The zero-order chi connectivity index (χ0) is 17.9. The highest BCUT2D eigenvalue weighted by atomic mass is 16.2. The molecule has 6 nitrogen and oxygen atoms in total. The summed E-state index contributed by atoms with van der Waals surface area (Å²) in [5.41, 5.74) is 11.6. The molecule has 0 saturated heterocycles. The van der Waals surface area contributed by atoms with Gasteiger partial charge in [0.15, 0.2) is 5.95 Å². The Hall–Kier alpha value is -3.28. The van der Waals surface area contributed by atoms with Gasteiger partial charge in [0.05, 0.1) is 11.9 Å². The SMILES string of the molecule is Nc1ncc(-c2cccc(NC(=O)Nc3ccc4c(c3)CCCC4)c2)[nH]1. The topological polar surface area (TPSA) is 95.8 Å². The normalized spacial score (nSPS) is 13.1. The minimum absolute atomic E-state index is 0.262. The molecule has 0 spiro atoms. The van der Waals surface area contributed by atoms with E-state index in [9.17, 15) is 4.79 Å². The van der Waals surface area contributed by atoms with E-state index in [1.807, 2.05) is 30.3 Å². The van der Waals surface area contributed by atoms with Crippen LogP contribution in [0.15, 0.2) is 48.7 Å². The quantitative estimate of drug-likeness (QED) is 0.572. The second kappa shape index (κ2) is 6.92. The summed E-state index contributed by atoms with van der Waals surface area (Å²) >= 11 is 0. The third-order valence-corrected chi connectivity index (χ3v) is 4.63. The number of hydrogen-bond acceptors (Lipinski definition) is 3. The molecule has 0 radical (unpaired) electrons. The summed E-state index contributed by atoms with van der Waals surface area (Å²) in [4.78, 5) is 19.3. The number of aromatic amines is 1. The first-order chi connectivity index (χ1) is 12.7. The molecule has 4 rings (SSSR count). The van der Waals surface area contributed by atoms with Crippen molar-refractivity contribution in [2.75, 3.05) is 16.4 Å². The monoisotopic (exact) mass is 347 g/mol. The zero-order valence-electron chi connectivity index (χ0n) is 14.4. The van der Waals surface area contributed by atoms with Crippen LogP contribution in [0.25, 0.3) is 11.3 Å². The molecule has 0 atom stereocenters. The smallest absolute Gasteiger partial charge is 0.323 e. The number of benzene rings is 2. The predicted octanol–water partition coefficient (Wildman–Crippen LogP) is 4.18. The number of nitrogen functional groups attached to an aromatic ring is 1. The molecule has 1 aliphatic carbocycles. The molecule has 0 aliphatic heterocycles. The Labute approximate surface area is 151 Å². The molecule has 5 N–H and O–H groups in total. The van der Waals surface area contributed by atoms with Crippen LogP contribution < -0.4 is 16.4 Å². The molecule has 0 unspecified atom stereocenters. The van der Waals surface area contributed by atoms with E-state index in [0.717, 1.165) is 29.8 Å². The number of rotatable bonds is 3. The fourth-order valence-electron chi connectivity index (χ4n) is 3.35. The van der Waals surface area contributed by atoms with Crippen molar-refractivity contribution in [3.05, 3.63) is 59.8 Å². The van der Waals surface area contributed by atoms with E-state index < -0.39 is 0 Å². The molecule has 3 aromatic rings. The Kier molecular flexibility index (Phi) is 4.31. The number of H-pyrrole nitrogens is 1. The molecule has 2 aromatic carbocycles. The van der Waals surface area contributed by atoms with Gasteiger partial charge in [0, 0.05) is 16.9 Å². The highest BCUT2D eigenvalue weighted by Crippen LogP contribution is 2.25. The molecule has 0 saturated carbocycles. The fourth-order valence-corrected chi connectivity index (χ4v) is 3.35. The maximum atomic E-state index is 12.3. The lowest BCUT2D eigenvalue weighted by molar-refractivity contribution is 0.262. The average Bonchev–Trinajstić information content (AvgIpc) is 3.08. The van der Waals surface area contributed by atoms with Crippen molar-refractivity contribution >= 4 is 23.4 Å². The molecule has 0 fully saturated rings. The number of imidazole rings is 1. The van der Waals surface area contributed by atoms with Gasteiger partial charge in [0.1, 0.15) is 0 Å². The van der Waals surface area contributed by atoms with Crippen molar-refractivity contribution in [1.82, 2.24) is 9.97 Å². The van der Waals surface area contributed by atoms with Gasteiger partial charge in [-0.25, -0.2) is 9.78 Å². The maximum absolute atomic E-state index is 12.3. The number of aryl methyl sites for hydroxylation is 2. The van der Waals surface area contributed by atoms with E-state index in [1.165, 1.54) is 24.0 Å². The number of hydrogen-bond donors (Lipinski definition) is 4. The summed E-state index contributed by atoms with van der Waals surface area (Å²) < 4.78 is 0. The second-order valence-corrected chi connectivity index (χ2v) is 6.53. The number of aromatic nitrogens is 2. The number of nitrogens with one attached hydrogen (secondary N) is 3. The van der Waals surface area contributed by atoms with Gasteiger partial charge in [-0.15, -0.1) is 0 Å². The van der Waals surface area contributed by atoms with Crippen LogP contribution in [0.2, 0.25) is 0 Å². The molecule has 1 heterocycles. The van der Waals surface area contributed by atoms with Crippen LogP contribution in [0.5, 0.6) is 0 Å². The number of nitrogens with zero attached hydrogens (tertiary/aromatic N) is 1. The van der Waals surface area contributed by atoms with Gasteiger partial charge < -0.3 is 21.4 Å². The lowest BCUT2D eigenvalue weighted by atomic mass is 9.91. The third-order valence-electron chi connectivity index (χ3n) is 4.63. The van der Waals surface area contributed by atoms with Crippen LogP contribution in [0, 0.1) is 0 Å². The molecule has 1 aromatic heterocycles. The number of carbonyl (C=O) groups is 1. The van der Waals surface area contributed by atoms with Crippen molar-refractivity contribution in [3.8, 4) is 11.3 Å². The Balaban J connectivity index is 1.45. The van der Waals surface area contributed by atoms with Crippen molar-refractivity contribution < 1.29 is 4.79 Å². The molecule has 26 heavy (non-hydrogen) atoms. The van der Waals surface area contributed by atoms with E-state index in [1.54, 1.807) is 6.20 Å². The van der Waals surface area contributed by atoms with Crippen LogP contribution in [0.4, 0.5) is 22.1 Å². The van der Waals surface area contributed by atoms with E-state index >= 15 is 0 Å². The van der Waals surface area contributed by atoms with Crippen LogP contribution in [0.1, 0.15) is 24.0 Å². The number of anilines is 3. The van der Waals surface area contributed by atoms with Gasteiger partial charge in [-0.05, 0) is 61.1 Å². The highest BCUT2D eigenvalue weighted by Gasteiger charge is 2.11. The summed E-state index contributed by atoms with van der Waals surface area (Å²) in [5, 5.41) is 5.79. The van der Waals surface area contributed by atoms with E-state index in [4.69, 9.17) is 5.73 Å². The lowest BCUT2D eigenvalue weighted by Crippen LogP contribution is -2.19. The summed E-state index contributed by atoms with van der Waals surface area (Å²) in [6, 6.07) is 13.4. The van der Waals surface area contributed by atoms with Gasteiger partial charge in [-0.3, -0.25) is 0 Å². The van der Waals surface area contributed by atoms with Crippen LogP contribution in [-0.2, 0) is 12.8 Å². The lowest BCUT2D eigenvalue weighted by Gasteiger charge is -2.17. The van der Waals surface area contributed by atoms with Crippen LogP contribution >= 0.6 is 0 Å². The van der Waals surface area contributed by atoms with Gasteiger partial charge in [-0.2, -0.15) is 0 Å². The first-order valence-corrected chi connectivity index (χ1v) is 8.78. The number of amides is 2. The summed E-state index contributed by atoms with van der Waals surface area (Å²) in [7, 11) is 0. The molecule has 132 valence electrons. The summed E-state index contributed by atoms with van der Waals surface area (Å²) in [5.74, 6) is 0.364. The van der Waals surface area contributed by atoms with Gasteiger partial charge in [0.2, 0.25) is 0 Å². The van der Waals surface area contributed by atoms with Crippen molar-refractivity contribution in [2.24, 2.45) is 0 Å². The molecule has 6 heteroatoms. The second-order valence-electron chi connectivity index (χ2n) is 6.53. The van der Waals surface area contributed by atoms with Gasteiger partial charge in [-0.1, -0.05) is 18.2 Å². The fraction of sp³-hybridized carbons (Fsp3) is 0.200. The van der Waals surface area contributed by atoms with Crippen molar-refractivity contribution in [2.45, 2.75) is 25.7 Å². The average molecular weight is 347 g/mol. The van der Waals surface area contributed by atoms with Gasteiger partial charge >= 0.3 is 6.03 Å². The summed E-state index contributed by atoms with van der Waals surface area (Å²) in [6.07, 6.45) is 6.35. The zero-order valence-corrected chi connectivity index (χ0v) is 14.4. The number of urea groups is 1. The van der Waals surface area contributed by atoms with Gasteiger partial charge in [0.25, 0.3) is 0 Å². The Morgan fingerprint density at radius 1 is 1.00 bits per heavy atom. The molecule has 2 amide bonds. The van der Waals surface area contributed by atoms with E-state index in [-0.39, 0.29) is 6.03 Å². The Morgan fingerprint density at radius 3 is 2.54 bits per heavy atom. The van der Waals surface area contributed by atoms with Crippen molar-refractivity contribution in [1.29, 1.82) is 0 Å². The molecular weight excluding hydrogens is 326 g/mol. The largest absolute Gasteiger partial charge is 0.369 e.